The average molecular weight is 737 g/mol. The van der Waals surface area contributed by atoms with Crippen molar-refractivity contribution >= 4 is 48.2 Å². The molecular weight excluding hydrogens is 707 g/mol. The van der Waals surface area contributed by atoms with Crippen molar-refractivity contribution in [2.24, 2.45) is 4.99 Å². The van der Waals surface area contributed by atoms with E-state index in [-0.39, 0.29) is 0 Å². The van der Waals surface area contributed by atoms with Crippen LogP contribution in [0.1, 0.15) is 17.3 Å². The number of nitrogens with zero attached hydrogens (tertiary/aromatic N) is 5. The summed E-state index contributed by atoms with van der Waals surface area (Å²) in [5, 5.41) is 9.51. The van der Waals surface area contributed by atoms with Gasteiger partial charge in [-0.25, -0.2) is 15.0 Å². The maximum absolute atomic E-state index is 6.44. The fourth-order valence-electron chi connectivity index (χ4n) is 7.67. The Morgan fingerprint density at radius 3 is 1.82 bits per heavy atom. The van der Waals surface area contributed by atoms with E-state index in [2.05, 4.69) is 78.9 Å². The van der Waals surface area contributed by atoms with Crippen LogP contribution in [-0.2, 0) is 0 Å². The summed E-state index contributed by atoms with van der Waals surface area (Å²) in [6.45, 7) is 0. The van der Waals surface area contributed by atoms with Crippen molar-refractivity contribution in [3.8, 4) is 45.3 Å². The molecule has 0 spiro atoms. The lowest BCUT2D eigenvalue weighted by molar-refractivity contribution is 0.563. The van der Waals surface area contributed by atoms with Gasteiger partial charge >= 0.3 is 0 Å². The van der Waals surface area contributed by atoms with Gasteiger partial charge in [-0.2, -0.15) is 0 Å². The van der Waals surface area contributed by atoms with Gasteiger partial charge in [0, 0.05) is 48.4 Å². The van der Waals surface area contributed by atoms with E-state index in [1.165, 1.54) is 20.2 Å². The Bertz CT molecular complexity index is 3170. The number of para-hydroxylation sites is 1. The molecule has 1 atom stereocenters. The first-order valence-electron chi connectivity index (χ1n) is 18.5. The van der Waals surface area contributed by atoms with Crippen LogP contribution in [0.15, 0.2) is 185 Å². The fraction of sp³-hybridized carbons (Fsp3) is 0.0204. The number of thiophene rings is 1. The van der Waals surface area contributed by atoms with Gasteiger partial charge in [-0.05, 0) is 52.6 Å². The van der Waals surface area contributed by atoms with Crippen LogP contribution in [0.3, 0.4) is 0 Å². The molecule has 3 aromatic heterocycles. The number of furan rings is 1. The minimum Gasteiger partial charge on any atom is -0.656 e. The van der Waals surface area contributed by atoms with Crippen molar-refractivity contribution in [1.29, 1.82) is 0 Å². The predicted molar refractivity (Wildman–Crippen MR) is 227 cm³/mol. The first-order valence-corrected chi connectivity index (χ1v) is 19.3. The summed E-state index contributed by atoms with van der Waals surface area (Å²) in [6, 6.07) is 60.1. The molecule has 0 fully saturated rings. The van der Waals surface area contributed by atoms with Gasteiger partial charge in [0.2, 0.25) is 0 Å². The van der Waals surface area contributed by atoms with E-state index in [4.69, 9.17) is 29.7 Å². The molecule has 0 aliphatic carbocycles. The molecule has 1 unspecified atom stereocenters. The summed E-state index contributed by atoms with van der Waals surface area (Å²) in [5.74, 6) is 1.78. The molecule has 11 rings (SSSR count). The van der Waals surface area contributed by atoms with Crippen LogP contribution in [0.5, 0.6) is 0 Å². The quantitative estimate of drug-likeness (QED) is 0.170. The van der Waals surface area contributed by atoms with E-state index in [1.54, 1.807) is 0 Å². The van der Waals surface area contributed by atoms with E-state index in [1.807, 2.05) is 108 Å². The van der Waals surface area contributed by atoms with E-state index in [9.17, 15) is 0 Å². The molecule has 0 radical (unpaired) electrons. The maximum atomic E-state index is 6.44. The summed E-state index contributed by atoms with van der Waals surface area (Å²) in [4.78, 5) is 20.8. The number of benzene rings is 7. The van der Waals surface area contributed by atoms with Crippen molar-refractivity contribution < 1.29 is 4.42 Å². The van der Waals surface area contributed by atoms with Crippen LogP contribution in [0.2, 0.25) is 0 Å². The Labute approximate surface area is 325 Å². The highest BCUT2D eigenvalue weighted by Crippen LogP contribution is 2.44. The van der Waals surface area contributed by atoms with Gasteiger partial charge in [-0.15, -0.1) is 11.3 Å². The first kappa shape index (κ1) is 32.2. The van der Waals surface area contributed by atoms with Gasteiger partial charge in [0.1, 0.15) is 16.4 Å². The van der Waals surface area contributed by atoms with Gasteiger partial charge in [0.05, 0.1) is 0 Å². The second kappa shape index (κ2) is 13.3. The number of hydrogen-bond acceptors (Lipinski definition) is 6. The zero-order valence-corrected chi connectivity index (χ0v) is 30.7. The molecule has 0 bridgehead atoms. The van der Waals surface area contributed by atoms with Crippen LogP contribution in [0.25, 0.3) is 87.4 Å². The summed E-state index contributed by atoms with van der Waals surface area (Å²) in [6.07, 6.45) is -0.548. The van der Waals surface area contributed by atoms with Crippen molar-refractivity contribution in [1.82, 2.24) is 15.0 Å². The van der Waals surface area contributed by atoms with Crippen LogP contribution in [0.4, 0.5) is 0 Å². The van der Waals surface area contributed by atoms with Crippen LogP contribution in [0, 0.1) is 0 Å². The van der Waals surface area contributed by atoms with Gasteiger partial charge in [0.15, 0.2) is 17.5 Å². The highest BCUT2D eigenvalue weighted by molar-refractivity contribution is 7.25. The van der Waals surface area contributed by atoms with Gasteiger partial charge < -0.3 is 9.73 Å². The normalized spacial score (nSPS) is 13.8. The Morgan fingerprint density at radius 2 is 1.09 bits per heavy atom. The third-order valence-corrected chi connectivity index (χ3v) is 11.4. The highest BCUT2D eigenvalue weighted by Gasteiger charge is 2.21. The summed E-state index contributed by atoms with van der Waals surface area (Å²) >= 11 is 1.81. The molecule has 4 heterocycles. The van der Waals surface area contributed by atoms with Crippen LogP contribution >= 0.6 is 11.3 Å². The SMILES string of the molecule is c1ccc(C2=c3oc4ccccc4c3=NC(c3ccc(-c4cccc5sc6ccccc6c45)c(-c4nc(-c5ccccc5)nc(-c5ccccc5)n4)c3)[N-]2)cc1. The van der Waals surface area contributed by atoms with E-state index in [0.29, 0.717) is 22.9 Å². The molecular formula is C49H30N5OS-. The van der Waals surface area contributed by atoms with Crippen molar-refractivity contribution in [3.05, 3.63) is 203 Å². The van der Waals surface area contributed by atoms with Gasteiger partial charge in [-0.1, -0.05) is 151 Å². The molecule has 0 saturated carbocycles. The minimum atomic E-state index is -0.548. The number of aromatic nitrogens is 3. The van der Waals surface area contributed by atoms with Crippen molar-refractivity contribution in [2.45, 2.75) is 6.17 Å². The molecule has 0 N–H and O–H groups in total. The monoisotopic (exact) mass is 736 g/mol. The molecule has 7 heteroatoms. The van der Waals surface area contributed by atoms with Gasteiger partial charge in [0.25, 0.3) is 0 Å². The standard InChI is InChI=1S/C49H30N5OS/c1-4-15-30(16-5-1)43-45-44(36-21-10-12-24-39(36)55-45)51-48(50-43)33-27-28-34(35-23-14-26-41-42(35)37-22-11-13-25-40(37)56-41)38(29-33)49-53-46(31-17-6-2-7-18-31)52-47(54-49)32-19-8-3-9-20-32/h1-29,48H/q-1. The average Bonchev–Trinajstić information content (AvgIpc) is 3.85. The second-order valence-corrected chi connectivity index (χ2v) is 14.8. The largest absolute Gasteiger partial charge is 0.656 e. The number of hydrogen-bond donors (Lipinski definition) is 0. The van der Waals surface area contributed by atoms with E-state index < -0.39 is 6.17 Å². The van der Waals surface area contributed by atoms with Crippen LogP contribution in [-0.4, -0.2) is 15.0 Å². The third kappa shape index (κ3) is 5.48. The molecule has 1 aliphatic rings. The summed E-state index contributed by atoms with van der Waals surface area (Å²) in [5.41, 5.74) is 8.95. The lowest BCUT2D eigenvalue weighted by Gasteiger charge is -2.35. The van der Waals surface area contributed by atoms with E-state index >= 15 is 0 Å². The van der Waals surface area contributed by atoms with Crippen molar-refractivity contribution in [3.63, 3.8) is 0 Å². The number of fused-ring (bicyclic) bond motifs is 6. The molecule has 7 aromatic carbocycles. The Morgan fingerprint density at radius 1 is 0.482 bits per heavy atom. The molecule has 56 heavy (non-hydrogen) atoms. The molecule has 0 amide bonds. The van der Waals surface area contributed by atoms with Crippen LogP contribution < -0.4 is 10.8 Å². The Balaban J connectivity index is 1.18. The molecule has 1 aliphatic heterocycles. The smallest absolute Gasteiger partial charge is 0.164 e. The zero-order valence-electron chi connectivity index (χ0n) is 29.9. The molecule has 0 saturated heterocycles. The Kier molecular flexibility index (Phi) is 7.64. The predicted octanol–water partition coefficient (Wildman–Crippen LogP) is 11.5. The minimum absolute atomic E-state index is 0.548. The highest BCUT2D eigenvalue weighted by atomic mass is 32.1. The molecule has 6 nitrogen and oxygen atoms in total. The zero-order chi connectivity index (χ0) is 37.0. The lowest BCUT2D eigenvalue weighted by atomic mass is 9.92. The van der Waals surface area contributed by atoms with Crippen molar-refractivity contribution in [2.75, 3.05) is 0 Å². The lowest BCUT2D eigenvalue weighted by Crippen LogP contribution is -2.29. The topological polar surface area (TPSA) is 78.3 Å². The first-order chi connectivity index (χ1) is 27.7. The second-order valence-electron chi connectivity index (χ2n) is 13.7. The maximum Gasteiger partial charge on any atom is 0.164 e. The Hall–Kier alpha value is -7.22. The van der Waals surface area contributed by atoms with E-state index in [0.717, 1.165) is 61.0 Å². The fourth-order valence-corrected chi connectivity index (χ4v) is 8.81. The molecule has 10 aromatic rings. The summed E-state index contributed by atoms with van der Waals surface area (Å²) < 4.78 is 8.91. The van der Waals surface area contributed by atoms with Gasteiger partial charge in [-0.3, -0.25) is 4.99 Å². The number of rotatable bonds is 6. The third-order valence-electron chi connectivity index (χ3n) is 10.3. The molecule has 264 valence electrons. The summed E-state index contributed by atoms with van der Waals surface area (Å²) in [7, 11) is 0.